The molecule has 2 aromatic carbocycles. The lowest BCUT2D eigenvalue weighted by atomic mass is 10.1. The Morgan fingerprint density at radius 2 is 1.79 bits per heavy atom. The van der Waals surface area contributed by atoms with Crippen LogP contribution in [0, 0.1) is 5.92 Å². The summed E-state index contributed by atoms with van der Waals surface area (Å²) in [5, 5.41) is 2.94. The fourth-order valence-corrected chi connectivity index (χ4v) is 2.87. The normalized spacial score (nSPS) is 10.6. The third-order valence-electron chi connectivity index (χ3n) is 3.49. The van der Waals surface area contributed by atoms with E-state index in [1.54, 1.807) is 11.8 Å². The molecule has 0 aromatic heterocycles. The third-order valence-corrected chi connectivity index (χ3v) is 4.46. The topological polar surface area (TPSA) is 38.3 Å². The predicted molar refractivity (Wildman–Crippen MR) is 101 cm³/mol. The SMILES string of the molecule is CC(C)CCNC(=O)c1ccc(OCCSc2ccccc2)cc1. The molecule has 0 atom stereocenters. The maximum atomic E-state index is 12.0. The molecule has 0 radical (unpaired) electrons. The van der Waals surface area contributed by atoms with Gasteiger partial charge in [-0.05, 0) is 48.7 Å². The number of hydrogen-bond acceptors (Lipinski definition) is 3. The van der Waals surface area contributed by atoms with Gasteiger partial charge in [0.25, 0.3) is 5.91 Å². The number of carbonyl (C=O) groups excluding carboxylic acids is 1. The number of carbonyl (C=O) groups is 1. The molecular formula is C20H25NO2S. The van der Waals surface area contributed by atoms with Crippen LogP contribution < -0.4 is 10.1 Å². The first-order chi connectivity index (χ1) is 11.6. The van der Waals surface area contributed by atoms with Gasteiger partial charge in [-0.2, -0.15) is 0 Å². The number of hydrogen-bond donors (Lipinski definition) is 1. The quantitative estimate of drug-likeness (QED) is 0.533. The zero-order valence-electron chi connectivity index (χ0n) is 14.3. The molecule has 0 bridgehead atoms. The maximum Gasteiger partial charge on any atom is 0.251 e. The molecule has 0 saturated heterocycles. The van der Waals surface area contributed by atoms with Crippen LogP contribution in [-0.2, 0) is 0 Å². The van der Waals surface area contributed by atoms with E-state index in [0.717, 1.165) is 17.9 Å². The van der Waals surface area contributed by atoms with Crippen molar-refractivity contribution in [2.45, 2.75) is 25.2 Å². The van der Waals surface area contributed by atoms with E-state index < -0.39 is 0 Å². The molecular weight excluding hydrogens is 318 g/mol. The van der Waals surface area contributed by atoms with E-state index in [0.29, 0.717) is 24.6 Å². The second-order valence-corrected chi connectivity index (χ2v) is 7.14. The molecule has 0 fully saturated rings. The van der Waals surface area contributed by atoms with E-state index in [-0.39, 0.29) is 5.91 Å². The van der Waals surface area contributed by atoms with Crippen LogP contribution in [0.25, 0.3) is 0 Å². The van der Waals surface area contributed by atoms with Crippen molar-refractivity contribution in [1.29, 1.82) is 0 Å². The van der Waals surface area contributed by atoms with Crippen LogP contribution in [-0.4, -0.2) is 24.8 Å². The fraction of sp³-hybridized carbons (Fsp3) is 0.350. The first kappa shape index (κ1) is 18.4. The molecule has 0 aliphatic rings. The van der Waals surface area contributed by atoms with Gasteiger partial charge in [0.1, 0.15) is 5.75 Å². The molecule has 0 unspecified atom stereocenters. The molecule has 0 aliphatic heterocycles. The summed E-state index contributed by atoms with van der Waals surface area (Å²) in [6.07, 6.45) is 0.992. The van der Waals surface area contributed by atoms with Gasteiger partial charge >= 0.3 is 0 Å². The smallest absolute Gasteiger partial charge is 0.251 e. The van der Waals surface area contributed by atoms with Gasteiger partial charge < -0.3 is 10.1 Å². The lowest BCUT2D eigenvalue weighted by Crippen LogP contribution is -2.25. The highest BCUT2D eigenvalue weighted by Crippen LogP contribution is 2.18. The van der Waals surface area contributed by atoms with Crippen molar-refractivity contribution in [3.63, 3.8) is 0 Å². The Bertz CT molecular complexity index is 611. The minimum atomic E-state index is -0.0261. The summed E-state index contributed by atoms with van der Waals surface area (Å²) in [4.78, 5) is 13.2. The van der Waals surface area contributed by atoms with E-state index in [4.69, 9.17) is 4.74 Å². The second kappa shape index (κ2) is 10.0. The molecule has 0 saturated carbocycles. The minimum Gasteiger partial charge on any atom is -0.493 e. The standard InChI is InChI=1S/C20H25NO2S/c1-16(2)12-13-21-20(22)17-8-10-18(11-9-17)23-14-15-24-19-6-4-3-5-7-19/h3-11,16H,12-15H2,1-2H3,(H,21,22). The van der Waals surface area contributed by atoms with Crippen molar-refractivity contribution in [3.8, 4) is 5.75 Å². The summed E-state index contributed by atoms with van der Waals surface area (Å²) in [7, 11) is 0. The molecule has 1 amide bonds. The van der Waals surface area contributed by atoms with Crippen LogP contribution in [0.15, 0.2) is 59.5 Å². The van der Waals surface area contributed by atoms with Gasteiger partial charge in [0.2, 0.25) is 0 Å². The Morgan fingerprint density at radius 3 is 2.46 bits per heavy atom. The van der Waals surface area contributed by atoms with Crippen LogP contribution in [0.5, 0.6) is 5.75 Å². The van der Waals surface area contributed by atoms with E-state index in [9.17, 15) is 4.79 Å². The Labute approximate surface area is 148 Å². The third kappa shape index (κ3) is 6.67. The van der Waals surface area contributed by atoms with E-state index in [1.807, 2.05) is 42.5 Å². The molecule has 3 nitrogen and oxygen atoms in total. The van der Waals surface area contributed by atoms with Crippen molar-refractivity contribution in [2.24, 2.45) is 5.92 Å². The Balaban J connectivity index is 1.70. The predicted octanol–water partition coefficient (Wildman–Crippen LogP) is 4.63. The Kier molecular flexibility index (Phi) is 7.69. The lowest BCUT2D eigenvalue weighted by Gasteiger charge is -2.09. The van der Waals surface area contributed by atoms with Crippen molar-refractivity contribution in [1.82, 2.24) is 5.32 Å². The zero-order valence-corrected chi connectivity index (χ0v) is 15.1. The molecule has 0 spiro atoms. The summed E-state index contributed by atoms with van der Waals surface area (Å²) < 4.78 is 5.72. The van der Waals surface area contributed by atoms with Crippen LogP contribution >= 0.6 is 11.8 Å². The van der Waals surface area contributed by atoms with Crippen LogP contribution in [0.4, 0.5) is 0 Å². The van der Waals surface area contributed by atoms with Crippen molar-refractivity contribution >= 4 is 17.7 Å². The largest absolute Gasteiger partial charge is 0.493 e. The van der Waals surface area contributed by atoms with E-state index in [1.165, 1.54) is 4.90 Å². The average molecular weight is 343 g/mol. The maximum absolute atomic E-state index is 12.0. The molecule has 4 heteroatoms. The monoisotopic (exact) mass is 343 g/mol. The number of nitrogens with one attached hydrogen (secondary N) is 1. The summed E-state index contributed by atoms with van der Waals surface area (Å²) in [5.41, 5.74) is 0.671. The fourth-order valence-electron chi connectivity index (χ4n) is 2.11. The van der Waals surface area contributed by atoms with Gasteiger partial charge in [0.05, 0.1) is 6.61 Å². The average Bonchev–Trinajstić information content (AvgIpc) is 2.60. The summed E-state index contributed by atoms with van der Waals surface area (Å²) in [6, 6.07) is 17.6. The number of amides is 1. The van der Waals surface area contributed by atoms with Gasteiger partial charge in [-0.15, -0.1) is 11.8 Å². The van der Waals surface area contributed by atoms with Gasteiger partial charge in [-0.3, -0.25) is 4.79 Å². The molecule has 2 aromatic rings. The minimum absolute atomic E-state index is 0.0261. The van der Waals surface area contributed by atoms with Gasteiger partial charge in [0.15, 0.2) is 0 Å². The van der Waals surface area contributed by atoms with Crippen LogP contribution in [0.1, 0.15) is 30.6 Å². The molecule has 0 heterocycles. The first-order valence-electron chi connectivity index (χ1n) is 8.34. The highest BCUT2D eigenvalue weighted by atomic mass is 32.2. The molecule has 2 rings (SSSR count). The lowest BCUT2D eigenvalue weighted by molar-refractivity contribution is 0.0952. The summed E-state index contributed by atoms with van der Waals surface area (Å²) in [5.74, 6) is 2.25. The van der Waals surface area contributed by atoms with Gasteiger partial charge in [-0.1, -0.05) is 32.0 Å². The van der Waals surface area contributed by atoms with E-state index >= 15 is 0 Å². The van der Waals surface area contributed by atoms with E-state index in [2.05, 4.69) is 31.3 Å². The Hall–Kier alpha value is -1.94. The first-order valence-corrected chi connectivity index (χ1v) is 9.32. The molecule has 0 aliphatic carbocycles. The van der Waals surface area contributed by atoms with Crippen LogP contribution in [0.3, 0.4) is 0 Å². The van der Waals surface area contributed by atoms with Gasteiger partial charge in [0, 0.05) is 22.8 Å². The summed E-state index contributed by atoms with van der Waals surface area (Å²) >= 11 is 1.77. The highest BCUT2D eigenvalue weighted by molar-refractivity contribution is 7.99. The summed E-state index contributed by atoms with van der Waals surface area (Å²) in [6.45, 7) is 5.65. The van der Waals surface area contributed by atoms with Crippen molar-refractivity contribution < 1.29 is 9.53 Å². The molecule has 1 N–H and O–H groups in total. The van der Waals surface area contributed by atoms with Crippen LogP contribution in [0.2, 0.25) is 0 Å². The number of thioether (sulfide) groups is 1. The zero-order chi connectivity index (χ0) is 17.2. The van der Waals surface area contributed by atoms with Crippen molar-refractivity contribution in [2.75, 3.05) is 18.9 Å². The highest BCUT2D eigenvalue weighted by Gasteiger charge is 2.05. The second-order valence-electron chi connectivity index (χ2n) is 5.97. The van der Waals surface area contributed by atoms with Gasteiger partial charge in [-0.25, -0.2) is 0 Å². The number of rotatable bonds is 9. The molecule has 24 heavy (non-hydrogen) atoms. The molecule has 128 valence electrons. The Morgan fingerprint density at radius 1 is 1.08 bits per heavy atom. The number of ether oxygens (including phenoxy) is 1. The van der Waals surface area contributed by atoms with Crippen molar-refractivity contribution in [3.05, 3.63) is 60.2 Å². The number of benzene rings is 2.